The summed E-state index contributed by atoms with van der Waals surface area (Å²) in [4.78, 5) is 29.6. The van der Waals surface area contributed by atoms with Crippen molar-refractivity contribution in [1.82, 2.24) is 10.2 Å². The van der Waals surface area contributed by atoms with Gasteiger partial charge in [-0.25, -0.2) is 0 Å². The Hall–Kier alpha value is -3.38. The molecule has 2 amide bonds. The average Bonchev–Trinajstić information content (AvgIpc) is 3.50. The van der Waals surface area contributed by atoms with E-state index in [-0.39, 0.29) is 11.8 Å². The molecule has 6 heteroatoms. The molecule has 4 rings (SSSR count). The van der Waals surface area contributed by atoms with Crippen molar-refractivity contribution in [2.75, 3.05) is 24.5 Å². The minimum Gasteiger partial charge on any atom is -0.468 e. The van der Waals surface area contributed by atoms with Gasteiger partial charge in [-0.15, -0.1) is 0 Å². The molecule has 33 heavy (non-hydrogen) atoms. The van der Waals surface area contributed by atoms with Gasteiger partial charge in [0.25, 0.3) is 0 Å². The molecule has 0 saturated carbocycles. The van der Waals surface area contributed by atoms with Crippen molar-refractivity contribution in [1.29, 1.82) is 0 Å². The van der Waals surface area contributed by atoms with Crippen LogP contribution in [-0.4, -0.2) is 42.4 Å². The number of furan rings is 1. The molecule has 1 atom stereocenters. The highest BCUT2D eigenvalue weighted by Crippen LogP contribution is 2.32. The standard InChI is InChI=1S/C27H31N3O3/c1-2-26(31)30-24-13-7-6-11-22(24)19-25(30)27(32)28-15-17-29(20-23-12-8-18-33-23)16-14-21-9-4-3-5-10-21/h3-13,18,25H,2,14-17,19-20H2,1H3,(H,28,32). The van der Waals surface area contributed by atoms with Crippen LogP contribution in [0.5, 0.6) is 0 Å². The van der Waals surface area contributed by atoms with Gasteiger partial charge in [-0.1, -0.05) is 55.5 Å². The fourth-order valence-electron chi connectivity index (χ4n) is 4.35. The Bertz CT molecular complexity index is 1050. The summed E-state index contributed by atoms with van der Waals surface area (Å²) in [6, 6.07) is 21.5. The summed E-state index contributed by atoms with van der Waals surface area (Å²) in [5.41, 5.74) is 3.18. The van der Waals surface area contributed by atoms with Gasteiger partial charge in [0.15, 0.2) is 0 Å². The summed E-state index contributed by atoms with van der Waals surface area (Å²) < 4.78 is 5.54. The lowest BCUT2D eigenvalue weighted by molar-refractivity contribution is -0.126. The van der Waals surface area contributed by atoms with E-state index in [1.165, 1.54) is 5.56 Å². The number of anilines is 1. The van der Waals surface area contributed by atoms with Crippen LogP contribution in [0.15, 0.2) is 77.4 Å². The number of hydrogen-bond acceptors (Lipinski definition) is 4. The Morgan fingerprint density at radius 2 is 1.82 bits per heavy atom. The van der Waals surface area contributed by atoms with Crippen LogP contribution in [0.2, 0.25) is 0 Å². The van der Waals surface area contributed by atoms with E-state index in [2.05, 4.69) is 34.5 Å². The van der Waals surface area contributed by atoms with Crippen molar-refractivity contribution in [2.45, 2.75) is 38.8 Å². The fraction of sp³-hybridized carbons (Fsp3) is 0.333. The van der Waals surface area contributed by atoms with E-state index in [4.69, 9.17) is 4.42 Å². The summed E-state index contributed by atoms with van der Waals surface area (Å²) in [7, 11) is 0. The molecule has 0 spiro atoms. The van der Waals surface area contributed by atoms with Crippen molar-refractivity contribution in [3.05, 3.63) is 89.9 Å². The van der Waals surface area contributed by atoms with E-state index < -0.39 is 6.04 Å². The zero-order valence-electron chi connectivity index (χ0n) is 19.1. The molecule has 172 valence electrons. The highest BCUT2D eigenvalue weighted by atomic mass is 16.3. The number of benzene rings is 2. The molecule has 0 fully saturated rings. The quantitative estimate of drug-likeness (QED) is 0.515. The normalized spacial score (nSPS) is 15.0. The van der Waals surface area contributed by atoms with Gasteiger partial charge in [0.1, 0.15) is 11.8 Å². The van der Waals surface area contributed by atoms with E-state index >= 15 is 0 Å². The zero-order chi connectivity index (χ0) is 23.0. The Morgan fingerprint density at radius 3 is 2.58 bits per heavy atom. The van der Waals surface area contributed by atoms with Crippen LogP contribution in [0, 0.1) is 0 Å². The van der Waals surface area contributed by atoms with E-state index in [1.54, 1.807) is 11.2 Å². The number of rotatable bonds is 10. The maximum atomic E-state index is 13.1. The number of amides is 2. The summed E-state index contributed by atoms with van der Waals surface area (Å²) in [5, 5.41) is 3.07. The first kappa shape index (κ1) is 22.8. The molecule has 0 aliphatic carbocycles. The number of nitrogens with zero attached hydrogens (tertiary/aromatic N) is 2. The molecule has 0 saturated heterocycles. The third kappa shape index (κ3) is 5.71. The minimum atomic E-state index is -0.488. The zero-order valence-corrected chi connectivity index (χ0v) is 19.1. The van der Waals surface area contributed by atoms with E-state index in [0.717, 1.165) is 30.0 Å². The predicted octanol–water partition coefficient (Wildman–Crippen LogP) is 3.81. The monoisotopic (exact) mass is 445 g/mol. The van der Waals surface area contributed by atoms with Gasteiger partial charge in [0.2, 0.25) is 11.8 Å². The maximum Gasteiger partial charge on any atom is 0.243 e. The molecule has 2 aromatic carbocycles. The molecule has 1 aliphatic heterocycles. The van der Waals surface area contributed by atoms with Crippen molar-refractivity contribution >= 4 is 17.5 Å². The van der Waals surface area contributed by atoms with Crippen LogP contribution in [0.3, 0.4) is 0 Å². The number of nitrogens with one attached hydrogen (secondary N) is 1. The molecule has 2 heterocycles. The van der Waals surface area contributed by atoms with Gasteiger partial charge < -0.3 is 9.73 Å². The lowest BCUT2D eigenvalue weighted by atomic mass is 10.1. The van der Waals surface area contributed by atoms with Crippen LogP contribution in [0.25, 0.3) is 0 Å². The van der Waals surface area contributed by atoms with Crippen LogP contribution in [0.4, 0.5) is 5.69 Å². The van der Waals surface area contributed by atoms with Crippen LogP contribution >= 0.6 is 0 Å². The third-order valence-corrected chi connectivity index (χ3v) is 6.10. The highest BCUT2D eigenvalue weighted by molar-refractivity contribution is 6.03. The summed E-state index contributed by atoms with van der Waals surface area (Å²) in [5.74, 6) is 0.775. The average molecular weight is 446 g/mol. The molecule has 0 radical (unpaired) electrons. The molecular weight excluding hydrogens is 414 g/mol. The SMILES string of the molecule is CCC(=O)N1c2ccccc2CC1C(=O)NCCN(CCc1ccccc1)Cc1ccco1. The number of fused-ring (bicyclic) bond motifs is 1. The first-order valence-corrected chi connectivity index (χ1v) is 11.6. The third-order valence-electron chi connectivity index (χ3n) is 6.10. The number of hydrogen-bond donors (Lipinski definition) is 1. The molecular formula is C27H31N3O3. The van der Waals surface area contributed by atoms with Gasteiger partial charge >= 0.3 is 0 Å². The van der Waals surface area contributed by atoms with Gasteiger partial charge in [-0.05, 0) is 35.7 Å². The molecule has 1 unspecified atom stereocenters. The molecule has 6 nitrogen and oxygen atoms in total. The molecule has 1 N–H and O–H groups in total. The lowest BCUT2D eigenvalue weighted by Gasteiger charge is -2.26. The van der Waals surface area contributed by atoms with Gasteiger partial charge in [0, 0.05) is 38.2 Å². The lowest BCUT2D eigenvalue weighted by Crippen LogP contribution is -2.49. The van der Waals surface area contributed by atoms with Gasteiger partial charge in [-0.2, -0.15) is 0 Å². The molecule has 1 aliphatic rings. The number of para-hydroxylation sites is 1. The second-order valence-corrected chi connectivity index (χ2v) is 8.35. The smallest absolute Gasteiger partial charge is 0.243 e. The Kier molecular flexibility index (Phi) is 7.58. The van der Waals surface area contributed by atoms with Crippen molar-refractivity contribution in [2.24, 2.45) is 0 Å². The summed E-state index contributed by atoms with van der Waals surface area (Å²) in [6.07, 6.45) is 3.53. The summed E-state index contributed by atoms with van der Waals surface area (Å²) >= 11 is 0. The molecule has 3 aromatic rings. The number of carbonyl (C=O) groups excluding carboxylic acids is 2. The largest absolute Gasteiger partial charge is 0.468 e. The van der Waals surface area contributed by atoms with Crippen molar-refractivity contribution in [3.63, 3.8) is 0 Å². The van der Waals surface area contributed by atoms with Crippen LogP contribution < -0.4 is 10.2 Å². The van der Waals surface area contributed by atoms with Crippen LogP contribution in [0.1, 0.15) is 30.2 Å². The van der Waals surface area contributed by atoms with Gasteiger partial charge in [-0.3, -0.25) is 19.4 Å². The second kappa shape index (κ2) is 11.0. The topological polar surface area (TPSA) is 65.8 Å². The van der Waals surface area contributed by atoms with Crippen molar-refractivity contribution in [3.8, 4) is 0 Å². The van der Waals surface area contributed by atoms with Crippen LogP contribution in [-0.2, 0) is 29.0 Å². The summed E-state index contributed by atoms with van der Waals surface area (Å²) in [6.45, 7) is 4.58. The molecule has 1 aromatic heterocycles. The minimum absolute atomic E-state index is 0.0255. The van der Waals surface area contributed by atoms with E-state index in [1.807, 2.05) is 49.4 Å². The first-order valence-electron chi connectivity index (χ1n) is 11.6. The Labute approximate surface area is 195 Å². The second-order valence-electron chi connectivity index (χ2n) is 8.35. The first-order chi connectivity index (χ1) is 16.2. The number of carbonyl (C=O) groups is 2. The van der Waals surface area contributed by atoms with E-state index in [0.29, 0.717) is 32.5 Å². The van der Waals surface area contributed by atoms with E-state index in [9.17, 15) is 9.59 Å². The Morgan fingerprint density at radius 1 is 1.03 bits per heavy atom. The maximum absolute atomic E-state index is 13.1. The molecule has 0 bridgehead atoms. The Balaban J connectivity index is 1.35. The highest BCUT2D eigenvalue weighted by Gasteiger charge is 2.37. The fourth-order valence-corrected chi connectivity index (χ4v) is 4.35. The van der Waals surface area contributed by atoms with Gasteiger partial charge in [0.05, 0.1) is 12.8 Å². The predicted molar refractivity (Wildman–Crippen MR) is 129 cm³/mol. The van der Waals surface area contributed by atoms with Crippen molar-refractivity contribution < 1.29 is 14.0 Å².